The summed E-state index contributed by atoms with van der Waals surface area (Å²) in [4.78, 5) is 46.3. The van der Waals surface area contributed by atoms with E-state index in [1.54, 1.807) is 0 Å². The standard InChI is InChI=1S/2C34H66O4.Ca/c2*1-3-5-7-9-11-13-15-16-17-19-21-23-25-31-34(37)38-32(29-26-27-30-33(35)36)28-24-22-20-18-14-12-10-8-6-4-2;/h2*32H,3-31H2,1-2H3,(H,35,36);/q;;+2/p-2. The van der Waals surface area contributed by atoms with Gasteiger partial charge in [0.15, 0.2) is 0 Å². The Balaban J connectivity index is -0.00000140. The van der Waals surface area contributed by atoms with Crippen molar-refractivity contribution in [3.8, 4) is 0 Å². The second-order valence-electron chi connectivity index (χ2n) is 23.4. The Kier molecular flexibility index (Phi) is 72.4. The van der Waals surface area contributed by atoms with E-state index in [0.29, 0.717) is 25.7 Å². The quantitative estimate of drug-likeness (QED) is 0.0334. The zero-order valence-corrected chi connectivity index (χ0v) is 54.3. The van der Waals surface area contributed by atoms with E-state index < -0.39 is 11.9 Å². The Morgan fingerprint density at radius 1 is 0.247 bits per heavy atom. The van der Waals surface area contributed by atoms with Crippen LogP contribution in [0.4, 0.5) is 0 Å². The molecule has 452 valence electrons. The normalized spacial score (nSPS) is 11.9. The monoisotopic (exact) mass is 1110 g/mol. The average Bonchev–Trinajstić information content (AvgIpc) is 3.40. The van der Waals surface area contributed by atoms with Crippen LogP contribution in [0, 0.1) is 0 Å². The fraction of sp³-hybridized carbons (Fsp3) is 0.941. The van der Waals surface area contributed by atoms with Gasteiger partial charge in [0.05, 0.1) is 0 Å². The van der Waals surface area contributed by atoms with Crippen LogP contribution in [-0.4, -0.2) is 73.8 Å². The summed E-state index contributed by atoms with van der Waals surface area (Å²) in [7, 11) is 0. The number of hydrogen-bond donors (Lipinski definition) is 0. The zero-order chi connectivity index (χ0) is 55.9. The number of aliphatic carboxylic acids is 2. The molecular weight excluding hydrogens is 985 g/mol. The molecule has 8 nitrogen and oxygen atoms in total. The van der Waals surface area contributed by atoms with Crippen LogP contribution in [0.25, 0.3) is 0 Å². The van der Waals surface area contributed by atoms with Crippen molar-refractivity contribution in [3.63, 3.8) is 0 Å². The van der Waals surface area contributed by atoms with Crippen LogP contribution in [0.15, 0.2) is 0 Å². The minimum Gasteiger partial charge on any atom is -0.550 e. The van der Waals surface area contributed by atoms with Crippen molar-refractivity contribution in [2.75, 3.05) is 0 Å². The molecule has 0 aliphatic heterocycles. The van der Waals surface area contributed by atoms with Gasteiger partial charge in [-0.3, -0.25) is 9.59 Å². The number of ether oxygens (including phenoxy) is 2. The van der Waals surface area contributed by atoms with Gasteiger partial charge in [0.25, 0.3) is 0 Å². The van der Waals surface area contributed by atoms with Gasteiger partial charge in [-0.25, -0.2) is 0 Å². The summed E-state index contributed by atoms with van der Waals surface area (Å²) in [5.41, 5.74) is 0. The van der Waals surface area contributed by atoms with E-state index in [1.165, 1.54) is 257 Å². The molecule has 0 saturated heterocycles. The van der Waals surface area contributed by atoms with Gasteiger partial charge < -0.3 is 29.3 Å². The van der Waals surface area contributed by atoms with Crippen LogP contribution in [0.2, 0.25) is 0 Å². The van der Waals surface area contributed by atoms with Crippen LogP contribution in [0.1, 0.15) is 400 Å². The van der Waals surface area contributed by atoms with Crippen LogP contribution in [0.5, 0.6) is 0 Å². The molecule has 0 spiro atoms. The van der Waals surface area contributed by atoms with Gasteiger partial charge in [0, 0.05) is 24.8 Å². The van der Waals surface area contributed by atoms with Crippen molar-refractivity contribution >= 4 is 61.6 Å². The fourth-order valence-corrected chi connectivity index (χ4v) is 10.6. The number of carbonyl (C=O) groups excluding carboxylic acids is 4. The van der Waals surface area contributed by atoms with Crippen LogP contribution >= 0.6 is 0 Å². The summed E-state index contributed by atoms with van der Waals surface area (Å²) in [5, 5.41) is 21.4. The smallest absolute Gasteiger partial charge is 0.550 e. The topological polar surface area (TPSA) is 133 Å². The average molecular weight is 1120 g/mol. The molecule has 0 N–H and O–H groups in total. The van der Waals surface area contributed by atoms with Crippen molar-refractivity contribution in [1.29, 1.82) is 0 Å². The Morgan fingerprint density at radius 2 is 0.403 bits per heavy atom. The van der Waals surface area contributed by atoms with Crippen molar-refractivity contribution in [3.05, 3.63) is 0 Å². The first-order valence-electron chi connectivity index (χ1n) is 34.0. The van der Waals surface area contributed by atoms with Gasteiger partial charge >= 0.3 is 49.7 Å². The third kappa shape index (κ3) is 71.2. The number of esters is 2. The summed E-state index contributed by atoms with van der Waals surface area (Å²) < 4.78 is 11.7. The summed E-state index contributed by atoms with van der Waals surface area (Å²) in [5.74, 6) is -2.11. The maximum absolute atomic E-state index is 12.5. The molecule has 0 heterocycles. The van der Waals surface area contributed by atoms with Crippen molar-refractivity contribution < 1.29 is 38.9 Å². The number of hydrogen-bond acceptors (Lipinski definition) is 8. The van der Waals surface area contributed by atoms with Crippen molar-refractivity contribution in [1.82, 2.24) is 0 Å². The fourth-order valence-electron chi connectivity index (χ4n) is 10.6. The maximum Gasteiger partial charge on any atom is 2.00 e. The minimum absolute atomic E-state index is 0. The number of carboxylic acid groups (broad SMARTS) is 2. The third-order valence-corrected chi connectivity index (χ3v) is 15.6. The summed E-state index contributed by atoms with van der Waals surface area (Å²) in [6, 6.07) is 0. The van der Waals surface area contributed by atoms with E-state index in [9.17, 15) is 29.4 Å². The second kappa shape index (κ2) is 69.4. The molecule has 0 radical (unpaired) electrons. The summed E-state index contributed by atoms with van der Waals surface area (Å²) in [6.45, 7) is 9.05. The third-order valence-electron chi connectivity index (χ3n) is 15.6. The molecular formula is C68H130CaO8. The Bertz CT molecular complexity index is 1110. The molecule has 0 fully saturated rings. The Hall–Kier alpha value is -0.860. The van der Waals surface area contributed by atoms with E-state index in [1.807, 2.05) is 0 Å². The minimum atomic E-state index is -0.990. The predicted molar refractivity (Wildman–Crippen MR) is 326 cm³/mol. The Morgan fingerprint density at radius 3 is 0.597 bits per heavy atom. The van der Waals surface area contributed by atoms with Crippen molar-refractivity contribution in [2.45, 2.75) is 412 Å². The van der Waals surface area contributed by atoms with E-state index in [0.717, 1.165) is 77.0 Å². The first kappa shape index (κ1) is 80.4. The largest absolute Gasteiger partial charge is 2.00 e. The molecule has 2 atom stereocenters. The van der Waals surface area contributed by atoms with E-state index in [-0.39, 0.29) is 74.7 Å². The van der Waals surface area contributed by atoms with Gasteiger partial charge in [-0.05, 0) is 89.9 Å². The predicted octanol–water partition coefficient (Wildman–Crippen LogP) is 19.6. The number of unbranched alkanes of at least 4 members (excludes halogenated alkanes) is 44. The zero-order valence-electron chi connectivity index (χ0n) is 52.1. The summed E-state index contributed by atoms with van der Waals surface area (Å²) in [6.07, 6.45) is 67.0. The molecule has 0 amide bonds. The van der Waals surface area contributed by atoms with Gasteiger partial charge in [0.1, 0.15) is 12.2 Å². The number of carbonyl (C=O) groups is 4. The SMILES string of the molecule is CCCCCCCCCCCCCCCC(=O)OC(CCCCCCCCCCCC)CCCCC(=O)[O-].CCCCCCCCCCCCCCCC(=O)OC(CCCCCCCCCCCC)CCCCC(=O)[O-].[Ca+2]. The molecule has 0 aromatic carbocycles. The van der Waals surface area contributed by atoms with Gasteiger partial charge in [-0.2, -0.15) is 0 Å². The van der Waals surface area contributed by atoms with Crippen molar-refractivity contribution in [2.24, 2.45) is 0 Å². The molecule has 0 rings (SSSR count). The number of rotatable bonds is 62. The molecule has 0 aromatic rings. The molecule has 2 unspecified atom stereocenters. The van der Waals surface area contributed by atoms with Crippen LogP contribution < -0.4 is 10.2 Å². The first-order chi connectivity index (χ1) is 37.2. The maximum atomic E-state index is 12.5. The molecule has 0 bridgehead atoms. The first-order valence-corrected chi connectivity index (χ1v) is 34.0. The van der Waals surface area contributed by atoms with Gasteiger partial charge in [-0.15, -0.1) is 0 Å². The molecule has 0 aliphatic carbocycles. The Labute approximate surface area is 509 Å². The number of carboxylic acids is 2. The van der Waals surface area contributed by atoms with E-state index in [4.69, 9.17) is 9.47 Å². The molecule has 77 heavy (non-hydrogen) atoms. The molecule has 0 aromatic heterocycles. The van der Waals surface area contributed by atoms with Crippen LogP contribution in [0.3, 0.4) is 0 Å². The van der Waals surface area contributed by atoms with E-state index >= 15 is 0 Å². The molecule has 9 heteroatoms. The van der Waals surface area contributed by atoms with Gasteiger partial charge in [0.2, 0.25) is 0 Å². The molecule has 0 saturated carbocycles. The van der Waals surface area contributed by atoms with Gasteiger partial charge in [-0.1, -0.05) is 297 Å². The molecule has 0 aliphatic rings. The second-order valence-corrected chi connectivity index (χ2v) is 23.4. The van der Waals surface area contributed by atoms with E-state index in [2.05, 4.69) is 27.7 Å². The van der Waals surface area contributed by atoms with Crippen LogP contribution in [-0.2, 0) is 28.7 Å². The summed E-state index contributed by atoms with van der Waals surface area (Å²) >= 11 is 0.